The summed E-state index contributed by atoms with van der Waals surface area (Å²) in [6.07, 6.45) is 6.40. The molecule has 3 N–H and O–H groups in total. The van der Waals surface area contributed by atoms with Crippen molar-refractivity contribution in [1.82, 2.24) is 15.1 Å². The molecule has 120 valence electrons. The van der Waals surface area contributed by atoms with E-state index in [1.54, 1.807) is 10.7 Å². The van der Waals surface area contributed by atoms with Gasteiger partial charge in [-0.15, -0.1) is 0 Å². The number of anilines is 1. The van der Waals surface area contributed by atoms with Crippen LogP contribution in [0.1, 0.15) is 12.0 Å². The van der Waals surface area contributed by atoms with Crippen molar-refractivity contribution in [3.05, 3.63) is 60.3 Å². The lowest BCUT2D eigenvalue weighted by atomic mass is 10.1. The molecule has 1 aliphatic rings. The quantitative estimate of drug-likeness (QED) is 0.739. The number of urea groups is 1. The van der Waals surface area contributed by atoms with Crippen LogP contribution in [0.15, 0.2) is 54.7 Å². The lowest BCUT2D eigenvalue weighted by molar-refractivity contribution is 0.238. The number of amides is 2. The molecule has 0 saturated heterocycles. The second-order valence-corrected chi connectivity index (χ2v) is 5.65. The smallest absolute Gasteiger partial charge is 0.320 e. The summed E-state index contributed by atoms with van der Waals surface area (Å²) >= 11 is 0. The Bertz CT molecular complexity index is 681. The molecule has 0 saturated carbocycles. The largest absolute Gasteiger partial charge is 0.396 e. The van der Waals surface area contributed by atoms with Gasteiger partial charge in [0, 0.05) is 30.8 Å². The third-order valence-electron chi connectivity index (χ3n) is 3.79. The second kappa shape index (κ2) is 7.11. The van der Waals surface area contributed by atoms with Gasteiger partial charge in [0.05, 0.1) is 6.54 Å². The Kier molecular flexibility index (Phi) is 4.73. The van der Waals surface area contributed by atoms with E-state index in [1.165, 1.54) is 0 Å². The Labute approximate surface area is 134 Å². The molecule has 2 amide bonds. The van der Waals surface area contributed by atoms with E-state index >= 15 is 0 Å². The average molecular weight is 312 g/mol. The van der Waals surface area contributed by atoms with Crippen LogP contribution in [-0.2, 0) is 6.54 Å². The molecule has 0 fully saturated rings. The first kappa shape index (κ1) is 15.3. The van der Waals surface area contributed by atoms with Crippen LogP contribution in [0.25, 0.3) is 0 Å². The van der Waals surface area contributed by atoms with Crippen molar-refractivity contribution < 1.29 is 9.90 Å². The number of carbonyl (C=O) groups is 1. The molecule has 23 heavy (non-hydrogen) atoms. The lowest BCUT2D eigenvalue weighted by Gasteiger charge is -2.12. The van der Waals surface area contributed by atoms with E-state index in [4.69, 9.17) is 5.11 Å². The van der Waals surface area contributed by atoms with E-state index in [1.807, 2.05) is 48.7 Å². The van der Waals surface area contributed by atoms with Crippen molar-refractivity contribution in [2.45, 2.75) is 19.0 Å². The SMILES string of the molecule is O=C(Nc1ccn(Cc2ccccc2)n1)N[C@@H]1C=C[C@H](CO)C1. The van der Waals surface area contributed by atoms with Gasteiger partial charge in [0.2, 0.25) is 0 Å². The molecule has 1 aromatic carbocycles. The highest BCUT2D eigenvalue weighted by molar-refractivity contribution is 5.88. The van der Waals surface area contributed by atoms with Crippen LogP contribution in [0.4, 0.5) is 10.6 Å². The van der Waals surface area contributed by atoms with Gasteiger partial charge in [0.15, 0.2) is 5.82 Å². The summed E-state index contributed by atoms with van der Waals surface area (Å²) in [4.78, 5) is 12.0. The Morgan fingerprint density at radius 3 is 2.83 bits per heavy atom. The van der Waals surface area contributed by atoms with Crippen LogP contribution < -0.4 is 10.6 Å². The van der Waals surface area contributed by atoms with E-state index in [-0.39, 0.29) is 24.6 Å². The number of nitrogens with zero attached hydrogens (tertiary/aromatic N) is 2. The first-order valence-corrected chi connectivity index (χ1v) is 7.67. The van der Waals surface area contributed by atoms with Crippen LogP contribution in [-0.4, -0.2) is 33.6 Å². The number of aromatic nitrogens is 2. The predicted molar refractivity (Wildman–Crippen MR) is 88.0 cm³/mol. The normalized spacial score (nSPS) is 19.7. The summed E-state index contributed by atoms with van der Waals surface area (Å²) in [7, 11) is 0. The number of nitrogens with one attached hydrogen (secondary N) is 2. The van der Waals surface area contributed by atoms with Crippen molar-refractivity contribution in [2.75, 3.05) is 11.9 Å². The zero-order chi connectivity index (χ0) is 16.1. The third-order valence-corrected chi connectivity index (χ3v) is 3.79. The minimum absolute atomic E-state index is 0.0430. The molecule has 0 bridgehead atoms. The standard InChI is InChI=1S/C17H20N4O2/c22-12-14-6-7-15(10-14)18-17(23)19-16-8-9-21(20-16)11-13-4-2-1-3-5-13/h1-9,14-15,22H,10-12H2,(H2,18,19,20,23)/t14-,15+/m0/s1. The molecule has 0 radical (unpaired) electrons. The minimum atomic E-state index is -0.289. The summed E-state index contributed by atoms with van der Waals surface area (Å²) in [6, 6.07) is 11.4. The van der Waals surface area contributed by atoms with Crippen LogP contribution in [0.5, 0.6) is 0 Å². The van der Waals surface area contributed by atoms with Crippen LogP contribution in [0, 0.1) is 5.92 Å². The van der Waals surface area contributed by atoms with E-state index in [0.29, 0.717) is 12.4 Å². The number of hydrogen-bond donors (Lipinski definition) is 3. The molecule has 0 spiro atoms. The number of hydrogen-bond acceptors (Lipinski definition) is 3. The molecule has 1 heterocycles. The topological polar surface area (TPSA) is 79.2 Å². The monoisotopic (exact) mass is 312 g/mol. The van der Waals surface area contributed by atoms with E-state index < -0.39 is 0 Å². The van der Waals surface area contributed by atoms with Crippen molar-refractivity contribution >= 4 is 11.8 Å². The molecule has 6 heteroatoms. The van der Waals surface area contributed by atoms with Gasteiger partial charge in [0.25, 0.3) is 0 Å². The Morgan fingerprint density at radius 1 is 1.26 bits per heavy atom. The molecule has 3 rings (SSSR count). The first-order valence-electron chi connectivity index (χ1n) is 7.67. The number of aliphatic hydroxyl groups is 1. The van der Waals surface area contributed by atoms with Gasteiger partial charge in [-0.1, -0.05) is 42.5 Å². The molecule has 0 aliphatic heterocycles. The van der Waals surface area contributed by atoms with Crippen LogP contribution >= 0.6 is 0 Å². The maximum absolute atomic E-state index is 12.0. The van der Waals surface area contributed by atoms with Crippen LogP contribution in [0.2, 0.25) is 0 Å². The highest BCUT2D eigenvalue weighted by atomic mass is 16.3. The lowest BCUT2D eigenvalue weighted by Crippen LogP contribution is -2.36. The second-order valence-electron chi connectivity index (χ2n) is 5.65. The fraction of sp³-hybridized carbons (Fsp3) is 0.294. The van der Waals surface area contributed by atoms with Gasteiger partial charge >= 0.3 is 6.03 Å². The van der Waals surface area contributed by atoms with Crippen LogP contribution in [0.3, 0.4) is 0 Å². The van der Waals surface area contributed by atoms with E-state index in [9.17, 15) is 4.79 Å². The maximum atomic E-state index is 12.0. The maximum Gasteiger partial charge on any atom is 0.320 e. The fourth-order valence-corrected chi connectivity index (χ4v) is 2.62. The summed E-state index contributed by atoms with van der Waals surface area (Å²) in [5.74, 6) is 0.643. The minimum Gasteiger partial charge on any atom is -0.396 e. The van der Waals surface area contributed by atoms with Gasteiger partial charge < -0.3 is 10.4 Å². The summed E-state index contributed by atoms with van der Waals surface area (Å²) in [6.45, 7) is 0.772. The van der Waals surface area contributed by atoms with Crippen molar-refractivity contribution in [2.24, 2.45) is 5.92 Å². The molecule has 1 aromatic heterocycles. The summed E-state index contributed by atoms with van der Waals surface area (Å²) in [5.41, 5.74) is 1.15. The molecule has 6 nitrogen and oxygen atoms in total. The van der Waals surface area contributed by atoms with Gasteiger partial charge in [0.1, 0.15) is 0 Å². The van der Waals surface area contributed by atoms with Crippen molar-refractivity contribution in [3.8, 4) is 0 Å². The fourth-order valence-electron chi connectivity index (χ4n) is 2.62. The first-order chi connectivity index (χ1) is 11.2. The van der Waals surface area contributed by atoms with Crippen molar-refractivity contribution in [1.29, 1.82) is 0 Å². The zero-order valence-corrected chi connectivity index (χ0v) is 12.7. The molecule has 0 unspecified atom stereocenters. The molecular weight excluding hydrogens is 292 g/mol. The number of carbonyl (C=O) groups excluding carboxylic acids is 1. The van der Waals surface area contributed by atoms with Gasteiger partial charge in [-0.25, -0.2) is 4.79 Å². The Balaban J connectivity index is 1.51. The average Bonchev–Trinajstić information content (AvgIpc) is 3.18. The molecule has 1 aliphatic carbocycles. The third kappa shape index (κ3) is 4.20. The van der Waals surface area contributed by atoms with E-state index in [0.717, 1.165) is 12.0 Å². The number of aliphatic hydroxyl groups excluding tert-OH is 1. The number of benzene rings is 1. The summed E-state index contributed by atoms with van der Waals surface area (Å²) < 4.78 is 1.78. The van der Waals surface area contributed by atoms with Gasteiger partial charge in [-0.3, -0.25) is 10.00 Å². The zero-order valence-electron chi connectivity index (χ0n) is 12.7. The van der Waals surface area contributed by atoms with Crippen molar-refractivity contribution in [3.63, 3.8) is 0 Å². The Morgan fingerprint density at radius 2 is 2.09 bits per heavy atom. The highest BCUT2D eigenvalue weighted by Gasteiger charge is 2.19. The summed E-state index contributed by atoms with van der Waals surface area (Å²) in [5, 5.41) is 19.0. The van der Waals surface area contributed by atoms with Gasteiger partial charge in [-0.2, -0.15) is 5.10 Å². The molecule has 2 atom stereocenters. The van der Waals surface area contributed by atoms with E-state index in [2.05, 4.69) is 15.7 Å². The molecule has 2 aromatic rings. The number of rotatable bonds is 5. The Hall–Kier alpha value is -2.60. The van der Waals surface area contributed by atoms with Gasteiger partial charge in [-0.05, 0) is 12.0 Å². The predicted octanol–water partition coefficient (Wildman–Crippen LogP) is 1.99. The molecular formula is C17H20N4O2. The highest BCUT2D eigenvalue weighted by Crippen LogP contribution is 2.17.